The van der Waals surface area contributed by atoms with E-state index in [0.29, 0.717) is 57.2 Å². The first kappa shape index (κ1) is 19.1. The molecule has 142 valence electrons. The molecule has 0 bridgehead atoms. The predicted molar refractivity (Wildman–Crippen MR) is 99.9 cm³/mol. The van der Waals surface area contributed by atoms with Crippen LogP contribution in [0.1, 0.15) is 24.8 Å². The Morgan fingerprint density at radius 2 is 1.92 bits per heavy atom. The number of morpholine rings is 1. The number of nitrogens with two attached hydrogens (primary N) is 1. The van der Waals surface area contributed by atoms with Gasteiger partial charge in [0.15, 0.2) is 0 Å². The first-order valence-electron chi connectivity index (χ1n) is 9.15. The molecule has 2 amide bonds. The fourth-order valence-corrected chi connectivity index (χ4v) is 3.95. The summed E-state index contributed by atoms with van der Waals surface area (Å²) in [7, 11) is 0. The summed E-state index contributed by atoms with van der Waals surface area (Å²) in [6.07, 6.45) is 2.24. The van der Waals surface area contributed by atoms with E-state index < -0.39 is 0 Å². The molecule has 0 atom stereocenters. The first-order chi connectivity index (χ1) is 12.5. The van der Waals surface area contributed by atoms with E-state index in [9.17, 15) is 9.59 Å². The second kappa shape index (κ2) is 8.37. The van der Waals surface area contributed by atoms with Gasteiger partial charge in [-0.25, -0.2) is 0 Å². The molecule has 0 saturated carbocycles. The molecule has 26 heavy (non-hydrogen) atoms. The number of rotatable bonds is 4. The van der Waals surface area contributed by atoms with E-state index in [-0.39, 0.29) is 17.4 Å². The molecule has 2 fully saturated rings. The molecule has 1 aromatic rings. The molecule has 0 aromatic heterocycles. The molecule has 0 unspecified atom stereocenters. The molecule has 3 rings (SSSR count). The smallest absolute Gasteiger partial charge is 0.227 e. The number of ether oxygens (including phenoxy) is 1. The molecule has 0 radical (unpaired) electrons. The lowest BCUT2D eigenvalue weighted by atomic mass is 9.89. The van der Waals surface area contributed by atoms with Crippen molar-refractivity contribution in [3.05, 3.63) is 34.9 Å². The maximum absolute atomic E-state index is 12.7. The van der Waals surface area contributed by atoms with Gasteiger partial charge in [-0.1, -0.05) is 23.7 Å². The van der Waals surface area contributed by atoms with Gasteiger partial charge in [0.2, 0.25) is 11.8 Å². The summed E-state index contributed by atoms with van der Waals surface area (Å²) in [6.45, 7) is 3.44. The number of hydrogen-bond acceptors (Lipinski definition) is 4. The summed E-state index contributed by atoms with van der Waals surface area (Å²) in [4.78, 5) is 28.5. The summed E-state index contributed by atoms with van der Waals surface area (Å²) in [5, 5.41) is 0.642. The lowest BCUT2D eigenvalue weighted by Gasteiger charge is -2.47. The van der Waals surface area contributed by atoms with Crippen molar-refractivity contribution < 1.29 is 14.3 Å². The van der Waals surface area contributed by atoms with Crippen LogP contribution in [0.25, 0.3) is 0 Å². The van der Waals surface area contributed by atoms with Gasteiger partial charge in [-0.2, -0.15) is 0 Å². The van der Waals surface area contributed by atoms with Gasteiger partial charge in [-0.05, 0) is 30.5 Å². The van der Waals surface area contributed by atoms with Crippen LogP contribution in [0.15, 0.2) is 24.3 Å². The van der Waals surface area contributed by atoms with E-state index in [1.54, 1.807) is 6.07 Å². The van der Waals surface area contributed by atoms with E-state index in [1.165, 1.54) is 0 Å². The molecular weight excluding hydrogens is 354 g/mol. The molecule has 0 aliphatic carbocycles. The van der Waals surface area contributed by atoms with Crippen molar-refractivity contribution in [2.75, 3.05) is 39.3 Å². The van der Waals surface area contributed by atoms with Gasteiger partial charge in [0.25, 0.3) is 0 Å². The Morgan fingerprint density at radius 1 is 1.15 bits per heavy atom. The molecule has 2 N–H and O–H groups in total. The largest absolute Gasteiger partial charge is 0.371 e. The monoisotopic (exact) mass is 379 g/mol. The number of likely N-dealkylation sites (tertiary alicyclic amines) is 1. The summed E-state index contributed by atoms with van der Waals surface area (Å²) in [6, 6.07) is 7.41. The first-order valence-corrected chi connectivity index (χ1v) is 9.53. The molecule has 2 heterocycles. The zero-order chi connectivity index (χ0) is 18.6. The van der Waals surface area contributed by atoms with Crippen LogP contribution in [0.5, 0.6) is 0 Å². The van der Waals surface area contributed by atoms with E-state index in [1.807, 2.05) is 28.0 Å². The SMILES string of the molecule is NCCC(=O)N1CCC2(CC1)CN(C(=O)Cc1cccc(Cl)c1)CCO2. The standard InChI is InChI=1S/C19H26ClN3O3/c20-16-3-1-2-15(12-16)13-18(25)23-10-11-26-19(14-23)5-8-22(9-6-19)17(24)4-7-21/h1-3,12H,4-11,13-14,21H2. The molecule has 1 spiro atoms. The number of carbonyl (C=O) groups is 2. The second-order valence-corrected chi connectivity index (χ2v) is 7.51. The predicted octanol–water partition coefficient (Wildman–Crippen LogP) is 1.45. The third-order valence-corrected chi connectivity index (χ3v) is 5.47. The molecule has 7 heteroatoms. The quantitative estimate of drug-likeness (QED) is 0.859. The lowest BCUT2D eigenvalue weighted by molar-refractivity contribution is -0.162. The molecule has 6 nitrogen and oxygen atoms in total. The normalized spacial score (nSPS) is 19.6. The maximum Gasteiger partial charge on any atom is 0.227 e. The van der Waals surface area contributed by atoms with Crippen molar-refractivity contribution in [1.29, 1.82) is 0 Å². The van der Waals surface area contributed by atoms with Crippen LogP contribution < -0.4 is 5.73 Å². The van der Waals surface area contributed by atoms with Crippen molar-refractivity contribution in [2.45, 2.75) is 31.3 Å². The number of benzene rings is 1. The summed E-state index contributed by atoms with van der Waals surface area (Å²) < 4.78 is 6.07. The minimum atomic E-state index is -0.332. The maximum atomic E-state index is 12.7. The number of nitrogens with zero attached hydrogens (tertiary/aromatic N) is 2. The average Bonchev–Trinajstić information content (AvgIpc) is 2.62. The van der Waals surface area contributed by atoms with Crippen molar-refractivity contribution in [1.82, 2.24) is 9.80 Å². The molecule has 2 aliphatic heterocycles. The number of halogens is 1. The molecule has 2 aliphatic rings. The summed E-state index contributed by atoms with van der Waals surface area (Å²) in [5.41, 5.74) is 6.06. The van der Waals surface area contributed by atoms with Crippen molar-refractivity contribution in [2.24, 2.45) is 5.73 Å². The third-order valence-electron chi connectivity index (χ3n) is 5.23. The third kappa shape index (κ3) is 4.55. The fraction of sp³-hybridized carbons (Fsp3) is 0.579. The van der Waals surface area contributed by atoms with Crippen LogP contribution in [0, 0.1) is 0 Å². The van der Waals surface area contributed by atoms with Gasteiger partial charge in [0, 0.05) is 44.2 Å². The zero-order valence-corrected chi connectivity index (χ0v) is 15.7. The highest BCUT2D eigenvalue weighted by Crippen LogP contribution is 2.30. The Hall–Kier alpha value is -1.63. The fourth-order valence-electron chi connectivity index (χ4n) is 3.74. The molecule has 2 saturated heterocycles. The Morgan fingerprint density at radius 3 is 2.62 bits per heavy atom. The van der Waals surface area contributed by atoms with Gasteiger partial charge in [-0.3, -0.25) is 9.59 Å². The van der Waals surface area contributed by atoms with Crippen molar-refractivity contribution in [3.8, 4) is 0 Å². The van der Waals surface area contributed by atoms with Gasteiger partial charge in [0.1, 0.15) is 0 Å². The van der Waals surface area contributed by atoms with Crippen LogP contribution in [0.3, 0.4) is 0 Å². The topological polar surface area (TPSA) is 75.9 Å². The van der Waals surface area contributed by atoms with Crippen LogP contribution in [-0.2, 0) is 20.7 Å². The zero-order valence-electron chi connectivity index (χ0n) is 15.0. The molecular formula is C19H26ClN3O3. The van der Waals surface area contributed by atoms with Gasteiger partial charge in [-0.15, -0.1) is 0 Å². The summed E-state index contributed by atoms with van der Waals surface area (Å²) in [5.74, 6) is 0.198. The minimum absolute atomic E-state index is 0.0941. The minimum Gasteiger partial charge on any atom is -0.371 e. The van der Waals surface area contributed by atoms with E-state index >= 15 is 0 Å². The molecule has 1 aromatic carbocycles. The second-order valence-electron chi connectivity index (χ2n) is 7.07. The number of carbonyl (C=O) groups excluding carboxylic acids is 2. The van der Waals surface area contributed by atoms with Gasteiger partial charge >= 0.3 is 0 Å². The highest BCUT2D eigenvalue weighted by atomic mass is 35.5. The number of piperidine rings is 1. The van der Waals surface area contributed by atoms with Crippen LogP contribution in [0.2, 0.25) is 5.02 Å². The number of hydrogen-bond donors (Lipinski definition) is 1. The highest BCUT2D eigenvalue weighted by molar-refractivity contribution is 6.30. The van der Waals surface area contributed by atoms with E-state index in [2.05, 4.69) is 0 Å². The van der Waals surface area contributed by atoms with Gasteiger partial charge in [0.05, 0.1) is 18.6 Å². The van der Waals surface area contributed by atoms with Crippen LogP contribution in [0.4, 0.5) is 0 Å². The Balaban J connectivity index is 1.57. The Kier molecular flexibility index (Phi) is 6.16. The van der Waals surface area contributed by atoms with Crippen molar-refractivity contribution >= 4 is 23.4 Å². The summed E-state index contributed by atoms with van der Waals surface area (Å²) >= 11 is 6.01. The Labute approximate surface area is 159 Å². The van der Waals surface area contributed by atoms with E-state index in [4.69, 9.17) is 22.1 Å². The number of amides is 2. The van der Waals surface area contributed by atoms with Gasteiger partial charge < -0.3 is 20.3 Å². The Bertz CT molecular complexity index is 659. The van der Waals surface area contributed by atoms with Crippen LogP contribution >= 0.6 is 11.6 Å². The van der Waals surface area contributed by atoms with Crippen molar-refractivity contribution in [3.63, 3.8) is 0 Å². The lowest BCUT2D eigenvalue weighted by Crippen LogP contribution is -2.58. The highest BCUT2D eigenvalue weighted by Gasteiger charge is 2.41. The van der Waals surface area contributed by atoms with Crippen LogP contribution in [-0.4, -0.2) is 66.5 Å². The average molecular weight is 380 g/mol. The van der Waals surface area contributed by atoms with E-state index in [0.717, 1.165) is 18.4 Å².